The standard InChI is InChI=1S/C4H9N2P/c7-6-4-1-2-5-3-4/h4-5,7H,1-3H2. The second kappa shape index (κ2) is 2.39. The van der Waals surface area contributed by atoms with E-state index in [1.807, 2.05) is 0 Å². The van der Waals surface area contributed by atoms with E-state index >= 15 is 0 Å². The highest BCUT2D eigenvalue weighted by molar-refractivity contribution is 7.04. The molecule has 0 aromatic rings. The van der Waals surface area contributed by atoms with Gasteiger partial charge in [-0.15, -0.1) is 0 Å². The predicted octanol–water partition coefficient (Wildman–Crippen LogP) is 0.675. The number of nitrogens with zero attached hydrogens (tertiary/aromatic N) is 1. The first-order valence-electron chi connectivity index (χ1n) is 2.51. The molecule has 1 aliphatic rings. The molecule has 40 valence electrons. The summed E-state index contributed by atoms with van der Waals surface area (Å²) >= 11 is 0. The second-order valence-corrected chi connectivity index (χ2v) is 2.03. The largest absolute Gasteiger partial charge is 0.315 e. The van der Waals surface area contributed by atoms with Crippen molar-refractivity contribution in [1.29, 1.82) is 0 Å². The summed E-state index contributed by atoms with van der Waals surface area (Å²) in [6.45, 7) is 2.17. The van der Waals surface area contributed by atoms with E-state index in [0.717, 1.165) is 13.1 Å². The second-order valence-electron chi connectivity index (χ2n) is 1.78. The highest BCUT2D eigenvalue weighted by atomic mass is 31.0. The molecule has 3 heteroatoms. The summed E-state index contributed by atoms with van der Waals surface area (Å²) < 4.78 is 3.93. The molecule has 0 bridgehead atoms. The molecule has 0 aromatic carbocycles. The molecule has 7 heavy (non-hydrogen) atoms. The first-order valence-corrected chi connectivity index (χ1v) is 2.95. The van der Waals surface area contributed by atoms with Crippen LogP contribution in [0.1, 0.15) is 6.42 Å². The Morgan fingerprint density at radius 3 is 2.86 bits per heavy atom. The van der Waals surface area contributed by atoms with E-state index in [-0.39, 0.29) is 0 Å². The van der Waals surface area contributed by atoms with Gasteiger partial charge in [-0.05, 0) is 22.0 Å². The third kappa shape index (κ3) is 1.22. The Labute approximate surface area is 45.6 Å². The number of rotatable bonds is 1. The van der Waals surface area contributed by atoms with Gasteiger partial charge < -0.3 is 5.32 Å². The fourth-order valence-corrected chi connectivity index (χ4v) is 0.970. The minimum Gasteiger partial charge on any atom is -0.315 e. The van der Waals surface area contributed by atoms with Crippen LogP contribution in [0.3, 0.4) is 0 Å². The van der Waals surface area contributed by atoms with Gasteiger partial charge in [0.1, 0.15) is 0 Å². The van der Waals surface area contributed by atoms with Crippen LogP contribution in [-0.4, -0.2) is 19.1 Å². The lowest BCUT2D eigenvalue weighted by molar-refractivity contribution is 0.756. The van der Waals surface area contributed by atoms with Crippen molar-refractivity contribution in [2.24, 2.45) is 4.74 Å². The van der Waals surface area contributed by atoms with Crippen molar-refractivity contribution in [3.63, 3.8) is 0 Å². The Morgan fingerprint density at radius 2 is 2.57 bits per heavy atom. The van der Waals surface area contributed by atoms with E-state index in [9.17, 15) is 0 Å². The summed E-state index contributed by atoms with van der Waals surface area (Å²) in [4.78, 5) is 0. The smallest absolute Gasteiger partial charge is 0.0676 e. The van der Waals surface area contributed by atoms with Crippen LogP contribution in [0.15, 0.2) is 4.74 Å². The van der Waals surface area contributed by atoms with Crippen LogP contribution in [0, 0.1) is 0 Å². The summed E-state index contributed by atoms with van der Waals surface area (Å²) in [5.41, 5.74) is 0. The lowest BCUT2D eigenvalue weighted by atomic mass is 10.3. The van der Waals surface area contributed by atoms with Gasteiger partial charge in [0, 0.05) is 6.54 Å². The SMILES string of the molecule is P=NC1CCNC1. The molecular formula is C4H9N2P. The number of hydrogen-bond donors (Lipinski definition) is 1. The number of nitrogens with one attached hydrogen (secondary N) is 1. The van der Waals surface area contributed by atoms with Gasteiger partial charge in [0.15, 0.2) is 0 Å². The van der Waals surface area contributed by atoms with Gasteiger partial charge in [-0.25, -0.2) is 0 Å². The minimum atomic E-state index is 0.525. The van der Waals surface area contributed by atoms with Gasteiger partial charge in [-0.3, -0.25) is 4.74 Å². The van der Waals surface area contributed by atoms with Crippen LogP contribution < -0.4 is 5.32 Å². The van der Waals surface area contributed by atoms with Gasteiger partial charge in [0.25, 0.3) is 0 Å². The number of hydrogen-bond acceptors (Lipinski definition) is 2. The average molecular weight is 116 g/mol. The molecule has 0 saturated carbocycles. The molecule has 0 spiro atoms. The molecule has 1 unspecified atom stereocenters. The average Bonchev–Trinajstić information content (AvgIpc) is 2.14. The molecule has 1 aliphatic heterocycles. The van der Waals surface area contributed by atoms with Crippen LogP contribution in [-0.2, 0) is 0 Å². The van der Waals surface area contributed by atoms with Crippen LogP contribution >= 0.6 is 9.03 Å². The summed E-state index contributed by atoms with van der Waals surface area (Å²) in [7, 11) is 3.10. The van der Waals surface area contributed by atoms with Gasteiger partial charge >= 0.3 is 0 Å². The molecule has 0 amide bonds. The van der Waals surface area contributed by atoms with Gasteiger partial charge in [-0.2, -0.15) is 0 Å². The van der Waals surface area contributed by atoms with Crippen molar-refractivity contribution in [2.45, 2.75) is 12.5 Å². The fourth-order valence-electron chi connectivity index (χ4n) is 0.750. The van der Waals surface area contributed by atoms with Gasteiger partial charge in [0.05, 0.1) is 6.04 Å². The summed E-state index contributed by atoms with van der Waals surface area (Å²) in [6, 6.07) is 0.525. The third-order valence-corrected chi connectivity index (χ3v) is 1.58. The van der Waals surface area contributed by atoms with E-state index in [0.29, 0.717) is 6.04 Å². The maximum Gasteiger partial charge on any atom is 0.0676 e. The van der Waals surface area contributed by atoms with Crippen molar-refractivity contribution in [1.82, 2.24) is 5.32 Å². The summed E-state index contributed by atoms with van der Waals surface area (Å²) in [5.74, 6) is 0. The highest BCUT2D eigenvalue weighted by Crippen LogP contribution is 2.02. The predicted molar refractivity (Wildman–Crippen MR) is 32.0 cm³/mol. The molecule has 1 heterocycles. The first-order chi connectivity index (χ1) is 3.43. The first kappa shape index (κ1) is 5.20. The van der Waals surface area contributed by atoms with Crippen LogP contribution in [0.4, 0.5) is 0 Å². The zero-order valence-corrected chi connectivity index (χ0v) is 5.15. The van der Waals surface area contributed by atoms with Crippen LogP contribution in [0.2, 0.25) is 0 Å². The Kier molecular flexibility index (Phi) is 1.77. The maximum atomic E-state index is 3.93. The molecule has 1 atom stereocenters. The van der Waals surface area contributed by atoms with E-state index in [1.165, 1.54) is 6.42 Å². The minimum absolute atomic E-state index is 0.525. The van der Waals surface area contributed by atoms with Crippen LogP contribution in [0.25, 0.3) is 0 Å². The molecule has 1 N–H and O–H groups in total. The molecule has 0 aliphatic carbocycles. The quantitative estimate of drug-likeness (QED) is 0.500. The lowest BCUT2D eigenvalue weighted by Crippen LogP contribution is -2.09. The zero-order valence-electron chi connectivity index (χ0n) is 4.15. The van der Waals surface area contributed by atoms with Crippen molar-refractivity contribution < 1.29 is 0 Å². The normalized spacial score (nSPS) is 30.6. The molecule has 0 aromatic heterocycles. The molecule has 2 nitrogen and oxygen atoms in total. The van der Waals surface area contributed by atoms with E-state index in [1.54, 1.807) is 0 Å². The molecule has 1 fully saturated rings. The Hall–Kier alpha value is 0.0600. The monoisotopic (exact) mass is 116 g/mol. The Morgan fingerprint density at radius 1 is 1.71 bits per heavy atom. The topological polar surface area (TPSA) is 24.4 Å². The van der Waals surface area contributed by atoms with E-state index in [2.05, 4.69) is 19.1 Å². The lowest BCUT2D eigenvalue weighted by Gasteiger charge is -1.93. The molecular weight excluding hydrogens is 107 g/mol. The van der Waals surface area contributed by atoms with Crippen LogP contribution in [0.5, 0.6) is 0 Å². The molecule has 0 radical (unpaired) electrons. The van der Waals surface area contributed by atoms with Crippen molar-refractivity contribution in [3.05, 3.63) is 0 Å². The van der Waals surface area contributed by atoms with E-state index < -0.39 is 0 Å². The maximum absolute atomic E-state index is 3.93. The van der Waals surface area contributed by atoms with E-state index in [4.69, 9.17) is 0 Å². The van der Waals surface area contributed by atoms with Crippen molar-refractivity contribution >= 4 is 9.03 Å². The third-order valence-electron chi connectivity index (χ3n) is 1.22. The highest BCUT2D eigenvalue weighted by Gasteiger charge is 2.10. The van der Waals surface area contributed by atoms with Gasteiger partial charge in [-0.1, -0.05) is 0 Å². The van der Waals surface area contributed by atoms with Crippen molar-refractivity contribution in [3.8, 4) is 0 Å². The Balaban J connectivity index is 2.26. The summed E-state index contributed by atoms with van der Waals surface area (Å²) in [6.07, 6.45) is 1.18. The molecule has 1 rings (SSSR count). The van der Waals surface area contributed by atoms with Crippen molar-refractivity contribution in [2.75, 3.05) is 13.1 Å². The Bertz CT molecular complexity index is 68.1. The summed E-state index contributed by atoms with van der Waals surface area (Å²) in [5, 5.41) is 3.20. The fraction of sp³-hybridized carbons (Fsp3) is 1.00. The molecule has 1 saturated heterocycles. The zero-order chi connectivity index (χ0) is 5.11. The van der Waals surface area contributed by atoms with Gasteiger partial charge in [0.2, 0.25) is 0 Å².